The van der Waals surface area contributed by atoms with Crippen molar-refractivity contribution in [3.63, 3.8) is 0 Å². The molecule has 1 N–H and O–H groups in total. The normalized spacial score (nSPS) is 14.4. The van der Waals surface area contributed by atoms with E-state index in [1.165, 1.54) is 0 Å². The molecule has 24 heavy (non-hydrogen) atoms. The Kier molecular flexibility index (Phi) is 5.39. The van der Waals surface area contributed by atoms with Gasteiger partial charge in [-0.15, -0.1) is 0 Å². The summed E-state index contributed by atoms with van der Waals surface area (Å²) in [6.07, 6.45) is 0.313. The molecule has 0 saturated carbocycles. The van der Waals surface area contributed by atoms with Gasteiger partial charge >= 0.3 is 0 Å². The Balaban J connectivity index is 1.55. The Hall–Kier alpha value is -2.46. The fourth-order valence-corrected chi connectivity index (χ4v) is 2.93. The zero-order valence-corrected chi connectivity index (χ0v) is 13.7. The second-order valence-electron chi connectivity index (χ2n) is 6.09. The minimum absolute atomic E-state index is 0.000433. The van der Waals surface area contributed by atoms with Crippen molar-refractivity contribution in [2.45, 2.75) is 12.8 Å². The Morgan fingerprint density at radius 2 is 1.50 bits per heavy atom. The van der Waals surface area contributed by atoms with Crippen LogP contribution < -0.4 is 5.32 Å². The third kappa shape index (κ3) is 4.30. The number of ketones is 1. The van der Waals surface area contributed by atoms with Crippen LogP contribution in [0.25, 0.3) is 11.1 Å². The molecule has 0 aliphatic carbocycles. The number of hydrogen-bond donors (Lipinski definition) is 1. The van der Waals surface area contributed by atoms with Crippen LogP contribution in [0.2, 0.25) is 0 Å². The molecule has 1 fully saturated rings. The van der Waals surface area contributed by atoms with E-state index in [9.17, 15) is 9.59 Å². The van der Waals surface area contributed by atoms with Crippen LogP contribution in [0, 0.1) is 0 Å². The van der Waals surface area contributed by atoms with E-state index in [0.29, 0.717) is 19.5 Å². The van der Waals surface area contributed by atoms with E-state index in [-0.39, 0.29) is 18.1 Å². The summed E-state index contributed by atoms with van der Waals surface area (Å²) in [4.78, 5) is 26.0. The van der Waals surface area contributed by atoms with Gasteiger partial charge in [-0.2, -0.15) is 0 Å². The van der Waals surface area contributed by atoms with Crippen molar-refractivity contribution in [3.8, 4) is 11.1 Å². The van der Waals surface area contributed by atoms with Gasteiger partial charge in [0.15, 0.2) is 0 Å². The first-order chi connectivity index (χ1) is 11.7. The maximum Gasteiger partial charge on any atom is 0.230 e. The maximum absolute atomic E-state index is 12.2. The number of amides is 1. The number of carbonyl (C=O) groups excluding carboxylic acids is 2. The lowest BCUT2D eigenvalue weighted by Crippen LogP contribution is -2.46. The average molecular weight is 322 g/mol. The first-order valence-electron chi connectivity index (χ1n) is 8.37. The number of Topliss-reactive ketones (excluding diaryl/α,β-unsaturated/α-hetero) is 1. The van der Waals surface area contributed by atoms with Crippen molar-refractivity contribution in [2.24, 2.45) is 0 Å². The highest BCUT2D eigenvalue weighted by molar-refractivity contribution is 5.99. The largest absolute Gasteiger partial charge is 0.340 e. The van der Waals surface area contributed by atoms with Crippen molar-refractivity contribution >= 4 is 11.7 Å². The highest BCUT2D eigenvalue weighted by atomic mass is 16.2. The van der Waals surface area contributed by atoms with Crippen molar-refractivity contribution in [1.29, 1.82) is 0 Å². The van der Waals surface area contributed by atoms with Crippen LogP contribution in [0.15, 0.2) is 54.6 Å². The molecule has 0 atom stereocenters. The summed E-state index contributed by atoms with van der Waals surface area (Å²) in [6, 6.07) is 18.1. The number of hydrogen-bond acceptors (Lipinski definition) is 3. The SMILES string of the molecule is O=C(CC(=O)N1CCNCC1)Cc1ccc(-c2ccccc2)cc1. The summed E-state index contributed by atoms with van der Waals surface area (Å²) in [5, 5.41) is 3.20. The van der Waals surface area contributed by atoms with Gasteiger partial charge in [-0.1, -0.05) is 54.6 Å². The Morgan fingerprint density at radius 3 is 2.17 bits per heavy atom. The van der Waals surface area contributed by atoms with E-state index in [2.05, 4.69) is 17.4 Å². The predicted molar refractivity (Wildman–Crippen MR) is 94.7 cm³/mol. The number of nitrogens with zero attached hydrogens (tertiary/aromatic N) is 1. The number of rotatable bonds is 5. The summed E-state index contributed by atoms with van der Waals surface area (Å²) in [7, 11) is 0. The molecule has 2 aromatic rings. The number of nitrogens with one attached hydrogen (secondary N) is 1. The molecule has 124 valence electrons. The first-order valence-corrected chi connectivity index (χ1v) is 8.37. The van der Waals surface area contributed by atoms with E-state index in [1.54, 1.807) is 4.90 Å². The average Bonchev–Trinajstić information content (AvgIpc) is 2.64. The monoisotopic (exact) mass is 322 g/mol. The maximum atomic E-state index is 12.2. The van der Waals surface area contributed by atoms with Crippen molar-refractivity contribution < 1.29 is 9.59 Å². The molecule has 3 rings (SSSR count). The number of piperazine rings is 1. The molecular formula is C20H22N2O2. The van der Waals surface area contributed by atoms with Gasteiger partial charge in [0.1, 0.15) is 5.78 Å². The second-order valence-corrected chi connectivity index (χ2v) is 6.09. The highest BCUT2D eigenvalue weighted by Gasteiger charge is 2.19. The smallest absolute Gasteiger partial charge is 0.230 e. The van der Waals surface area contributed by atoms with Gasteiger partial charge in [-0.25, -0.2) is 0 Å². The predicted octanol–water partition coefficient (Wildman–Crippen LogP) is 2.29. The molecule has 0 spiro atoms. The zero-order chi connectivity index (χ0) is 16.8. The lowest BCUT2D eigenvalue weighted by Gasteiger charge is -2.27. The lowest BCUT2D eigenvalue weighted by atomic mass is 10.0. The van der Waals surface area contributed by atoms with Crippen LogP contribution in [0.4, 0.5) is 0 Å². The van der Waals surface area contributed by atoms with E-state index in [1.807, 2.05) is 42.5 Å². The summed E-state index contributed by atoms with van der Waals surface area (Å²) in [6.45, 7) is 3.00. The highest BCUT2D eigenvalue weighted by Crippen LogP contribution is 2.19. The fraction of sp³-hybridized carbons (Fsp3) is 0.300. The van der Waals surface area contributed by atoms with Gasteiger partial charge in [-0.05, 0) is 16.7 Å². The van der Waals surface area contributed by atoms with Gasteiger partial charge < -0.3 is 10.2 Å². The minimum atomic E-state index is -0.0533. The molecule has 0 bridgehead atoms. The molecule has 4 heteroatoms. The molecule has 1 saturated heterocycles. The summed E-state index contributed by atoms with van der Waals surface area (Å²) in [5.74, 6) is -0.0756. The van der Waals surface area contributed by atoms with E-state index in [0.717, 1.165) is 29.8 Å². The van der Waals surface area contributed by atoms with E-state index >= 15 is 0 Å². The van der Waals surface area contributed by atoms with Crippen molar-refractivity contribution in [1.82, 2.24) is 10.2 Å². The standard InChI is InChI=1S/C20H22N2O2/c23-19(15-20(24)22-12-10-21-11-13-22)14-16-6-8-18(9-7-16)17-4-2-1-3-5-17/h1-9,21H,10-15H2. The van der Waals surface area contributed by atoms with Crippen molar-refractivity contribution in [3.05, 3.63) is 60.2 Å². The number of carbonyl (C=O) groups is 2. The van der Waals surface area contributed by atoms with E-state index in [4.69, 9.17) is 0 Å². The van der Waals surface area contributed by atoms with Crippen LogP contribution in [-0.4, -0.2) is 42.8 Å². The second kappa shape index (κ2) is 7.88. The molecule has 0 radical (unpaired) electrons. The van der Waals surface area contributed by atoms with Crippen LogP contribution in [0.1, 0.15) is 12.0 Å². The quantitative estimate of drug-likeness (QED) is 0.859. The molecule has 1 heterocycles. The molecule has 0 aromatic heterocycles. The lowest BCUT2D eigenvalue weighted by molar-refractivity contribution is -0.135. The van der Waals surface area contributed by atoms with Crippen LogP contribution in [0.5, 0.6) is 0 Å². The molecule has 1 aliphatic rings. The molecule has 2 aromatic carbocycles. The van der Waals surface area contributed by atoms with Crippen LogP contribution in [-0.2, 0) is 16.0 Å². The molecule has 4 nitrogen and oxygen atoms in total. The van der Waals surface area contributed by atoms with Gasteiger partial charge in [0.2, 0.25) is 5.91 Å². The Morgan fingerprint density at radius 1 is 0.875 bits per heavy atom. The molecule has 1 amide bonds. The molecular weight excluding hydrogens is 300 g/mol. The summed E-state index contributed by atoms with van der Waals surface area (Å²) in [5.41, 5.74) is 3.24. The summed E-state index contributed by atoms with van der Waals surface area (Å²) < 4.78 is 0. The van der Waals surface area contributed by atoms with Crippen molar-refractivity contribution in [2.75, 3.05) is 26.2 Å². The fourth-order valence-electron chi connectivity index (χ4n) is 2.93. The third-order valence-corrected chi connectivity index (χ3v) is 4.28. The summed E-state index contributed by atoms with van der Waals surface area (Å²) >= 11 is 0. The minimum Gasteiger partial charge on any atom is -0.340 e. The topological polar surface area (TPSA) is 49.4 Å². The zero-order valence-electron chi connectivity index (χ0n) is 13.7. The molecule has 1 aliphatic heterocycles. The van der Waals surface area contributed by atoms with Crippen LogP contribution >= 0.6 is 0 Å². The van der Waals surface area contributed by atoms with Gasteiger partial charge in [-0.3, -0.25) is 9.59 Å². The Labute approximate surface area is 142 Å². The third-order valence-electron chi connectivity index (χ3n) is 4.28. The van der Waals surface area contributed by atoms with Crippen LogP contribution in [0.3, 0.4) is 0 Å². The van der Waals surface area contributed by atoms with Gasteiger partial charge in [0, 0.05) is 32.6 Å². The van der Waals surface area contributed by atoms with E-state index < -0.39 is 0 Å². The molecule has 0 unspecified atom stereocenters. The Bertz CT molecular complexity index is 689. The number of benzene rings is 2. The van der Waals surface area contributed by atoms with Gasteiger partial charge in [0.25, 0.3) is 0 Å². The first kappa shape index (κ1) is 16.4. The van der Waals surface area contributed by atoms with Gasteiger partial charge in [0.05, 0.1) is 6.42 Å².